The predicted molar refractivity (Wildman–Crippen MR) is 118 cm³/mol. The lowest BCUT2D eigenvalue weighted by Gasteiger charge is -2.11. The van der Waals surface area contributed by atoms with Crippen molar-refractivity contribution in [3.05, 3.63) is 42.4 Å². The number of nitrogens with zero attached hydrogens (tertiary/aromatic N) is 4. The second-order valence-corrected chi connectivity index (χ2v) is 5.83. The molecule has 2 rings (SSSR count). The molecule has 0 atom stereocenters. The Hall–Kier alpha value is -2.17. The average molecular weight is 485 g/mol. The summed E-state index contributed by atoms with van der Waals surface area (Å²) in [4.78, 5) is 20.6. The molecule has 0 fully saturated rings. The van der Waals surface area contributed by atoms with Gasteiger partial charge >= 0.3 is 0 Å². The zero-order valence-electron chi connectivity index (χ0n) is 15.8. The quantitative estimate of drug-likeness (QED) is 0.219. The number of rotatable bonds is 9. The van der Waals surface area contributed by atoms with Crippen LogP contribution in [0.25, 0.3) is 0 Å². The first kappa shape index (κ1) is 22.9. The summed E-state index contributed by atoms with van der Waals surface area (Å²) in [7, 11) is 0. The molecule has 0 bridgehead atoms. The van der Waals surface area contributed by atoms with Crippen LogP contribution in [0.2, 0.25) is 0 Å². The number of halogens is 1. The lowest BCUT2D eigenvalue weighted by atomic mass is 10.3. The van der Waals surface area contributed by atoms with Crippen LogP contribution in [-0.4, -0.2) is 46.3 Å². The molecular formula is C18H28IN7O. The lowest BCUT2D eigenvalue weighted by molar-refractivity contribution is -0.116. The Morgan fingerprint density at radius 3 is 2.81 bits per heavy atom. The number of anilines is 1. The highest BCUT2D eigenvalue weighted by Gasteiger charge is 2.04. The van der Waals surface area contributed by atoms with E-state index in [0.29, 0.717) is 31.3 Å². The monoisotopic (exact) mass is 485 g/mol. The summed E-state index contributed by atoms with van der Waals surface area (Å²) in [6.45, 7) is 6.76. The molecule has 0 saturated heterocycles. The third-order valence-corrected chi connectivity index (χ3v) is 3.54. The van der Waals surface area contributed by atoms with Gasteiger partial charge in [0, 0.05) is 51.2 Å². The van der Waals surface area contributed by atoms with Crippen LogP contribution in [0.15, 0.2) is 41.8 Å². The molecule has 2 aromatic heterocycles. The van der Waals surface area contributed by atoms with Gasteiger partial charge in [-0.15, -0.1) is 24.0 Å². The van der Waals surface area contributed by atoms with Crippen LogP contribution in [0, 0.1) is 6.92 Å². The second-order valence-electron chi connectivity index (χ2n) is 5.83. The zero-order chi connectivity index (χ0) is 18.6. The molecule has 0 aliphatic heterocycles. The summed E-state index contributed by atoms with van der Waals surface area (Å²) in [5.41, 5.74) is 1.06. The van der Waals surface area contributed by atoms with E-state index in [1.807, 2.05) is 36.9 Å². The number of guanidine groups is 1. The van der Waals surface area contributed by atoms with Crippen molar-refractivity contribution in [3.63, 3.8) is 0 Å². The third-order valence-electron chi connectivity index (χ3n) is 3.54. The number of amides is 1. The fraction of sp³-hybridized carbons (Fsp3) is 0.444. The van der Waals surface area contributed by atoms with Gasteiger partial charge in [0.25, 0.3) is 0 Å². The minimum atomic E-state index is -0.0802. The standard InChI is InChI=1S/C18H27N7O.HI/c1-3-19-18(20-9-4-12-25-13-5-10-23-25)21-11-8-17(26)24-16-7-6-15(2)14-22-16;/h5-7,10,13-14H,3-4,8-9,11-12H2,1-2H3,(H2,19,20,21)(H,22,24,26);1H. The molecule has 2 aromatic rings. The van der Waals surface area contributed by atoms with Crippen LogP contribution in [0.5, 0.6) is 0 Å². The third kappa shape index (κ3) is 9.36. The van der Waals surface area contributed by atoms with Crippen molar-refractivity contribution in [2.45, 2.75) is 33.2 Å². The Morgan fingerprint density at radius 2 is 2.15 bits per heavy atom. The summed E-state index contributed by atoms with van der Waals surface area (Å²) in [6, 6.07) is 5.62. The van der Waals surface area contributed by atoms with Crippen LogP contribution in [0.1, 0.15) is 25.3 Å². The molecule has 27 heavy (non-hydrogen) atoms. The van der Waals surface area contributed by atoms with Gasteiger partial charge in [-0.05, 0) is 38.0 Å². The first-order valence-corrected chi connectivity index (χ1v) is 8.89. The topological polar surface area (TPSA) is 96.2 Å². The number of carbonyl (C=O) groups excluding carboxylic acids is 1. The number of aromatic nitrogens is 3. The van der Waals surface area contributed by atoms with Crippen LogP contribution in [0.4, 0.5) is 5.82 Å². The van der Waals surface area contributed by atoms with Crippen LogP contribution >= 0.6 is 24.0 Å². The summed E-state index contributed by atoms with van der Waals surface area (Å²) in [5, 5.41) is 13.3. The van der Waals surface area contributed by atoms with Crippen molar-refractivity contribution in [2.24, 2.45) is 4.99 Å². The van der Waals surface area contributed by atoms with Gasteiger partial charge in [0.15, 0.2) is 5.96 Å². The summed E-state index contributed by atoms with van der Waals surface area (Å²) in [5.74, 6) is 1.21. The van der Waals surface area contributed by atoms with Crippen LogP contribution in [0.3, 0.4) is 0 Å². The van der Waals surface area contributed by atoms with Crippen molar-refractivity contribution in [1.29, 1.82) is 0 Å². The molecule has 0 aliphatic carbocycles. The van der Waals surface area contributed by atoms with E-state index in [4.69, 9.17) is 0 Å². The van der Waals surface area contributed by atoms with Gasteiger partial charge in [0.05, 0.1) is 0 Å². The molecule has 9 heteroatoms. The molecular weight excluding hydrogens is 457 g/mol. The molecule has 0 aromatic carbocycles. The highest BCUT2D eigenvalue weighted by molar-refractivity contribution is 14.0. The van der Waals surface area contributed by atoms with Gasteiger partial charge in [-0.25, -0.2) is 4.98 Å². The van der Waals surface area contributed by atoms with E-state index < -0.39 is 0 Å². The zero-order valence-corrected chi connectivity index (χ0v) is 18.1. The highest BCUT2D eigenvalue weighted by atomic mass is 127. The number of hydrogen-bond acceptors (Lipinski definition) is 4. The SMILES string of the molecule is CCNC(=NCCCn1cccn1)NCCC(=O)Nc1ccc(C)cn1.I. The number of carbonyl (C=O) groups is 1. The van der Waals surface area contributed by atoms with E-state index in [-0.39, 0.29) is 29.9 Å². The van der Waals surface area contributed by atoms with E-state index >= 15 is 0 Å². The van der Waals surface area contributed by atoms with E-state index in [1.54, 1.807) is 18.5 Å². The van der Waals surface area contributed by atoms with Crippen LogP contribution in [-0.2, 0) is 11.3 Å². The normalized spacial score (nSPS) is 10.8. The molecule has 3 N–H and O–H groups in total. The molecule has 0 saturated carbocycles. The fourth-order valence-electron chi connectivity index (χ4n) is 2.24. The van der Waals surface area contributed by atoms with Crippen molar-refractivity contribution < 1.29 is 4.79 Å². The Kier molecular flexibility index (Phi) is 11.1. The molecule has 0 spiro atoms. The molecule has 2 heterocycles. The van der Waals surface area contributed by atoms with Crippen molar-refractivity contribution in [2.75, 3.05) is 25.0 Å². The second kappa shape index (κ2) is 13.1. The van der Waals surface area contributed by atoms with Gasteiger partial charge in [-0.2, -0.15) is 5.10 Å². The maximum absolute atomic E-state index is 12.0. The van der Waals surface area contributed by atoms with Gasteiger partial charge in [-0.3, -0.25) is 14.5 Å². The van der Waals surface area contributed by atoms with Crippen molar-refractivity contribution in [3.8, 4) is 0 Å². The minimum absolute atomic E-state index is 0. The number of aryl methyl sites for hydroxylation is 2. The first-order chi connectivity index (χ1) is 12.7. The molecule has 8 nitrogen and oxygen atoms in total. The highest BCUT2D eigenvalue weighted by Crippen LogP contribution is 2.03. The van der Waals surface area contributed by atoms with E-state index in [0.717, 1.165) is 25.1 Å². The molecule has 148 valence electrons. The maximum Gasteiger partial charge on any atom is 0.227 e. The van der Waals surface area contributed by atoms with Gasteiger partial charge in [0.2, 0.25) is 5.91 Å². The Balaban J connectivity index is 0.00000364. The van der Waals surface area contributed by atoms with Crippen LogP contribution < -0.4 is 16.0 Å². The smallest absolute Gasteiger partial charge is 0.227 e. The fourth-order valence-corrected chi connectivity index (χ4v) is 2.24. The van der Waals surface area contributed by atoms with E-state index in [1.165, 1.54) is 0 Å². The van der Waals surface area contributed by atoms with Gasteiger partial charge in [-0.1, -0.05) is 6.07 Å². The summed E-state index contributed by atoms with van der Waals surface area (Å²) in [6.07, 6.45) is 6.68. The van der Waals surface area contributed by atoms with E-state index in [2.05, 4.69) is 31.0 Å². The number of pyridine rings is 1. The minimum Gasteiger partial charge on any atom is -0.357 e. The first-order valence-electron chi connectivity index (χ1n) is 8.89. The Morgan fingerprint density at radius 1 is 1.30 bits per heavy atom. The van der Waals surface area contributed by atoms with Crippen molar-refractivity contribution >= 4 is 41.7 Å². The Labute approximate surface area is 177 Å². The molecule has 0 unspecified atom stereocenters. The predicted octanol–water partition coefficient (Wildman–Crippen LogP) is 2.18. The summed E-state index contributed by atoms with van der Waals surface area (Å²) >= 11 is 0. The lowest BCUT2D eigenvalue weighted by Crippen LogP contribution is -2.38. The average Bonchev–Trinajstić information content (AvgIpc) is 3.14. The number of nitrogens with one attached hydrogen (secondary N) is 3. The number of aliphatic imine (C=N–C) groups is 1. The van der Waals surface area contributed by atoms with Gasteiger partial charge in [0.1, 0.15) is 5.82 Å². The maximum atomic E-state index is 12.0. The molecule has 1 amide bonds. The largest absolute Gasteiger partial charge is 0.357 e. The van der Waals surface area contributed by atoms with Crippen molar-refractivity contribution in [1.82, 2.24) is 25.4 Å². The summed E-state index contributed by atoms with van der Waals surface area (Å²) < 4.78 is 1.89. The molecule has 0 radical (unpaired) electrons. The molecule has 0 aliphatic rings. The Bertz CT molecular complexity index is 686. The van der Waals surface area contributed by atoms with Gasteiger partial charge < -0.3 is 16.0 Å². The van der Waals surface area contributed by atoms with E-state index in [9.17, 15) is 4.79 Å². The number of hydrogen-bond donors (Lipinski definition) is 3.